The third-order valence-electron chi connectivity index (χ3n) is 7.89. The van der Waals surface area contributed by atoms with Crippen LogP contribution in [-0.2, 0) is 6.42 Å². The highest BCUT2D eigenvalue weighted by Crippen LogP contribution is 2.50. The van der Waals surface area contributed by atoms with Crippen LogP contribution >= 0.6 is 23.2 Å². The van der Waals surface area contributed by atoms with Gasteiger partial charge in [-0.25, -0.2) is 0 Å². The van der Waals surface area contributed by atoms with Crippen LogP contribution in [0, 0.1) is 5.41 Å². The third kappa shape index (κ3) is 8.74. The van der Waals surface area contributed by atoms with E-state index in [0.717, 1.165) is 43.4 Å². The lowest BCUT2D eigenvalue weighted by Gasteiger charge is -2.47. The molecule has 1 aliphatic carbocycles. The summed E-state index contributed by atoms with van der Waals surface area (Å²) in [6.45, 7) is 8.13. The van der Waals surface area contributed by atoms with Crippen LogP contribution in [0.15, 0.2) is 48.5 Å². The van der Waals surface area contributed by atoms with Crippen molar-refractivity contribution >= 4 is 40.5 Å². The van der Waals surface area contributed by atoms with Gasteiger partial charge in [0.1, 0.15) is 0 Å². The molecule has 0 spiro atoms. The average molecular weight is 595 g/mol. The summed E-state index contributed by atoms with van der Waals surface area (Å²) in [5.74, 6) is 0.0303. The van der Waals surface area contributed by atoms with E-state index in [1.165, 1.54) is 0 Å². The minimum absolute atomic E-state index is 0. The predicted molar refractivity (Wildman–Crippen MR) is 169 cm³/mol. The van der Waals surface area contributed by atoms with Crippen molar-refractivity contribution in [2.45, 2.75) is 77.5 Å². The first kappa shape index (κ1) is 32.5. The second kappa shape index (κ2) is 14.2. The van der Waals surface area contributed by atoms with Crippen LogP contribution in [-0.4, -0.2) is 63.7 Å². The van der Waals surface area contributed by atoms with Gasteiger partial charge in [0.2, 0.25) is 0 Å². The Morgan fingerprint density at radius 3 is 2.55 bits per heavy atom. The molecule has 1 saturated heterocycles. The van der Waals surface area contributed by atoms with E-state index in [-0.39, 0.29) is 18.3 Å². The summed E-state index contributed by atoms with van der Waals surface area (Å²) in [6, 6.07) is 15.1. The Morgan fingerprint density at radius 2 is 1.90 bits per heavy atom. The summed E-state index contributed by atoms with van der Waals surface area (Å²) in [6.07, 6.45) is 4.68. The van der Waals surface area contributed by atoms with Gasteiger partial charge in [0.15, 0.2) is 0 Å². The largest absolute Gasteiger partial charge is 0.390 e. The molecule has 0 bridgehead atoms. The Labute approximate surface area is 247 Å². The van der Waals surface area contributed by atoms with Crippen LogP contribution in [0.3, 0.4) is 0 Å². The zero-order valence-corrected chi connectivity index (χ0v) is 25.6. The predicted octanol–water partition coefficient (Wildman–Crippen LogP) is 5.68. The van der Waals surface area contributed by atoms with Crippen molar-refractivity contribution in [2.75, 3.05) is 35.0 Å². The minimum atomic E-state index is -2.93. The van der Waals surface area contributed by atoms with Crippen molar-refractivity contribution in [3.8, 4) is 0 Å². The molecule has 40 heavy (non-hydrogen) atoms. The first-order chi connectivity index (χ1) is 18.6. The molecule has 0 radical (unpaired) electrons. The Hall–Kier alpha value is -2.01. The number of aliphatic hydroxyl groups excluding tert-OH is 1. The van der Waals surface area contributed by atoms with Crippen molar-refractivity contribution in [2.24, 2.45) is 5.41 Å². The molecule has 1 aliphatic heterocycles. The van der Waals surface area contributed by atoms with Gasteiger partial charge in [-0.3, -0.25) is 18.2 Å². The number of aliphatic hydroxyl groups is 1. The summed E-state index contributed by atoms with van der Waals surface area (Å²) >= 11 is 0. The number of nitrogens with one attached hydrogen (secondary N) is 3. The number of carbonyl (C=O) groups is 1. The number of nitrogens with zero attached hydrogens (tertiary/aromatic N) is 1. The van der Waals surface area contributed by atoms with E-state index in [1.807, 2.05) is 43.3 Å². The molecule has 2 aromatic rings. The van der Waals surface area contributed by atoms with E-state index in [2.05, 4.69) is 29.8 Å². The van der Waals surface area contributed by atoms with Gasteiger partial charge in [-0.1, -0.05) is 44.2 Å². The standard InChI is InChI=1S/C30H46N4O4S.ClH/c1-4-31-25-17-23(18-26(19-25)34-14-8-9-15-39(34,37)38)29(36)33-27(16-22-10-6-5-7-11-22)28(35)21-32-24-12-13-30(2,3)20-24;/h5-7,10-11,17-19,24,27-28,31-32,35,37-38H,4,8-9,12-16,20-21H2,1-3H3,(H,33,36);1H/t24?,27-,28+;/m0./s1. The zero-order valence-electron chi connectivity index (χ0n) is 23.9. The Morgan fingerprint density at radius 1 is 1.15 bits per heavy atom. The smallest absolute Gasteiger partial charge is 0.251 e. The summed E-state index contributed by atoms with van der Waals surface area (Å²) in [4.78, 5) is 13.6. The zero-order chi connectivity index (χ0) is 28.0. The van der Waals surface area contributed by atoms with Crippen LogP contribution in [0.5, 0.6) is 0 Å². The molecular formula is C30H47ClN4O4S. The van der Waals surface area contributed by atoms with Crippen LogP contribution in [0.25, 0.3) is 0 Å². The maximum Gasteiger partial charge on any atom is 0.251 e. The second-order valence-corrected chi connectivity index (χ2v) is 13.9. The molecule has 10 heteroatoms. The van der Waals surface area contributed by atoms with E-state index in [1.54, 1.807) is 16.4 Å². The number of halogens is 1. The molecule has 8 nitrogen and oxygen atoms in total. The van der Waals surface area contributed by atoms with Crippen LogP contribution in [0.1, 0.15) is 68.8 Å². The van der Waals surface area contributed by atoms with E-state index in [4.69, 9.17) is 0 Å². The van der Waals surface area contributed by atoms with E-state index < -0.39 is 22.9 Å². The number of rotatable bonds is 11. The fourth-order valence-electron chi connectivity index (χ4n) is 5.74. The van der Waals surface area contributed by atoms with Crippen LogP contribution < -0.4 is 20.3 Å². The first-order valence-corrected chi connectivity index (χ1v) is 15.9. The monoisotopic (exact) mass is 594 g/mol. The van der Waals surface area contributed by atoms with Crippen molar-refractivity contribution in [1.82, 2.24) is 10.6 Å². The molecule has 2 aliphatic rings. The lowest BCUT2D eigenvalue weighted by Crippen LogP contribution is -2.50. The molecule has 1 saturated carbocycles. The maximum atomic E-state index is 13.6. The summed E-state index contributed by atoms with van der Waals surface area (Å²) in [7, 11) is -2.93. The highest BCUT2D eigenvalue weighted by atomic mass is 35.5. The van der Waals surface area contributed by atoms with Gasteiger partial charge in [-0.05, 0) is 74.6 Å². The molecule has 224 valence electrons. The van der Waals surface area contributed by atoms with Crippen molar-refractivity contribution in [3.63, 3.8) is 0 Å². The van der Waals surface area contributed by atoms with E-state index in [9.17, 15) is 19.0 Å². The van der Waals surface area contributed by atoms with E-state index >= 15 is 0 Å². The Balaban J connectivity index is 0.00000441. The molecule has 3 atom stereocenters. The van der Waals surface area contributed by atoms with Gasteiger partial charge in [-0.2, -0.15) is 0 Å². The Bertz CT molecular complexity index is 1100. The Kier molecular flexibility index (Phi) is 11.6. The molecular weight excluding hydrogens is 548 g/mol. The summed E-state index contributed by atoms with van der Waals surface area (Å²) in [5, 5.41) is 21.2. The molecule has 4 rings (SSSR count). The van der Waals surface area contributed by atoms with Crippen LogP contribution in [0.2, 0.25) is 0 Å². The van der Waals surface area contributed by atoms with Gasteiger partial charge < -0.3 is 21.1 Å². The molecule has 1 heterocycles. The highest BCUT2D eigenvalue weighted by Gasteiger charge is 2.32. The molecule has 1 amide bonds. The number of hydrogen-bond acceptors (Lipinski definition) is 7. The quantitative estimate of drug-likeness (QED) is 0.198. The lowest BCUT2D eigenvalue weighted by atomic mass is 9.92. The van der Waals surface area contributed by atoms with Gasteiger partial charge in [0.05, 0.1) is 23.6 Å². The van der Waals surface area contributed by atoms with Crippen molar-refractivity contribution in [1.29, 1.82) is 0 Å². The van der Waals surface area contributed by atoms with Gasteiger partial charge >= 0.3 is 0 Å². The van der Waals surface area contributed by atoms with Gasteiger partial charge in [0, 0.05) is 36.9 Å². The SMILES string of the molecule is CCNc1cc(C(=O)N[C@@H](Cc2ccccc2)[C@H](O)CNC2CCC(C)(C)C2)cc(N2CCCCS2(O)O)c1.Cl. The minimum Gasteiger partial charge on any atom is -0.390 e. The molecule has 2 aromatic carbocycles. The molecule has 1 unspecified atom stereocenters. The fourth-order valence-corrected chi connectivity index (χ4v) is 7.42. The molecule has 2 fully saturated rings. The normalized spacial score (nSPS) is 22.1. The number of amides is 1. The molecule has 6 N–H and O–H groups in total. The van der Waals surface area contributed by atoms with E-state index in [0.29, 0.717) is 54.5 Å². The van der Waals surface area contributed by atoms with Crippen LogP contribution in [0.4, 0.5) is 11.4 Å². The maximum absolute atomic E-state index is 13.6. The second-order valence-electron chi connectivity index (χ2n) is 11.8. The third-order valence-corrected chi connectivity index (χ3v) is 9.83. The van der Waals surface area contributed by atoms with Gasteiger partial charge in [-0.15, -0.1) is 23.2 Å². The summed E-state index contributed by atoms with van der Waals surface area (Å²) in [5.41, 5.74) is 3.12. The highest BCUT2D eigenvalue weighted by molar-refractivity contribution is 8.25. The summed E-state index contributed by atoms with van der Waals surface area (Å²) < 4.78 is 23.0. The number of benzene rings is 2. The fraction of sp³-hybridized carbons (Fsp3) is 0.567. The molecule has 0 aromatic heterocycles. The number of carbonyl (C=O) groups excluding carboxylic acids is 1. The number of hydrogen-bond donors (Lipinski definition) is 6. The topological polar surface area (TPSA) is 117 Å². The number of anilines is 2. The lowest BCUT2D eigenvalue weighted by molar-refractivity contribution is 0.0824. The van der Waals surface area contributed by atoms with Gasteiger partial charge in [0.25, 0.3) is 5.91 Å². The van der Waals surface area contributed by atoms with Crippen molar-refractivity contribution < 1.29 is 19.0 Å². The van der Waals surface area contributed by atoms with Crippen molar-refractivity contribution in [3.05, 3.63) is 59.7 Å². The first-order valence-electron chi connectivity index (χ1n) is 14.2. The average Bonchev–Trinajstić information content (AvgIpc) is 3.25.